The van der Waals surface area contributed by atoms with Gasteiger partial charge >= 0.3 is 0 Å². The Bertz CT molecular complexity index is 1040. The quantitative estimate of drug-likeness (QED) is 0.639. The lowest BCUT2D eigenvalue weighted by Crippen LogP contribution is -2.38. The minimum atomic E-state index is -3.88. The second-order valence-corrected chi connectivity index (χ2v) is 8.92. The number of amides is 1. The first-order valence-corrected chi connectivity index (χ1v) is 11.0. The normalized spacial score (nSPS) is 19.3. The molecule has 30 heavy (non-hydrogen) atoms. The number of benzene rings is 1. The Morgan fingerprint density at radius 3 is 2.53 bits per heavy atom. The van der Waals surface area contributed by atoms with Crippen molar-refractivity contribution in [3.05, 3.63) is 47.4 Å². The average Bonchev–Trinajstić information content (AvgIpc) is 2.71. The first kappa shape index (κ1) is 22.1. The lowest BCUT2D eigenvalue weighted by molar-refractivity contribution is 0.102. The summed E-state index contributed by atoms with van der Waals surface area (Å²) in [6, 6.07) is 6.20. The van der Waals surface area contributed by atoms with Crippen LogP contribution in [0, 0.1) is 12.7 Å². The number of halogens is 1. The number of methoxy groups -OCH3 is 1. The molecule has 3 rings (SSSR count). The van der Waals surface area contributed by atoms with Crippen LogP contribution in [0.1, 0.15) is 41.7 Å². The van der Waals surface area contributed by atoms with Crippen molar-refractivity contribution >= 4 is 21.7 Å². The number of nitrogens with zero attached hydrogens (tertiary/aromatic N) is 1. The maximum Gasteiger partial charge on any atom is 0.260 e. The van der Waals surface area contributed by atoms with Crippen molar-refractivity contribution in [1.29, 1.82) is 0 Å². The second kappa shape index (κ2) is 9.07. The summed E-state index contributed by atoms with van der Waals surface area (Å²) >= 11 is 0. The molecule has 1 aliphatic rings. The zero-order valence-corrected chi connectivity index (χ0v) is 17.5. The third-order valence-corrected chi connectivity index (χ3v) is 6.53. The molecular weight excluding hydrogens is 413 g/mol. The number of carbonyl (C=O) groups is 1. The van der Waals surface area contributed by atoms with Gasteiger partial charge in [-0.25, -0.2) is 22.5 Å². The Labute approximate surface area is 174 Å². The molecule has 8 nitrogen and oxygen atoms in total. The maximum absolute atomic E-state index is 13.4. The van der Waals surface area contributed by atoms with E-state index in [0.717, 1.165) is 0 Å². The molecule has 1 aromatic heterocycles. The van der Waals surface area contributed by atoms with Crippen LogP contribution in [0.25, 0.3) is 0 Å². The predicted octanol–water partition coefficient (Wildman–Crippen LogP) is 2.37. The van der Waals surface area contributed by atoms with Crippen LogP contribution >= 0.6 is 0 Å². The number of nitrogens with one attached hydrogen (secondary N) is 2. The van der Waals surface area contributed by atoms with Gasteiger partial charge in [0, 0.05) is 6.04 Å². The third-order valence-electron chi connectivity index (χ3n) is 5.01. The number of aliphatic hydroxyl groups excluding tert-OH is 1. The van der Waals surface area contributed by atoms with E-state index in [1.807, 2.05) is 0 Å². The fourth-order valence-corrected chi connectivity index (χ4v) is 4.64. The molecule has 1 amide bonds. The topological polar surface area (TPSA) is 118 Å². The highest BCUT2D eigenvalue weighted by atomic mass is 32.2. The van der Waals surface area contributed by atoms with E-state index in [2.05, 4.69) is 15.0 Å². The van der Waals surface area contributed by atoms with Crippen molar-refractivity contribution in [2.75, 3.05) is 12.4 Å². The fourth-order valence-electron chi connectivity index (χ4n) is 3.31. The third kappa shape index (κ3) is 5.13. The smallest absolute Gasteiger partial charge is 0.260 e. The number of hydrogen-bond donors (Lipinski definition) is 3. The van der Waals surface area contributed by atoms with Gasteiger partial charge in [0.15, 0.2) is 0 Å². The standard InChI is InChI=1S/C20H24FN3O5S/c1-12-17(21)8-10-19(22-12)23-20(26)16-11-15(7-9-18(16)29-2)30(27,28)24-13-3-5-14(25)6-4-13/h7-11,13-14,24-25H,3-6H2,1-2H3,(H,22,23,26). The van der Waals surface area contributed by atoms with E-state index in [9.17, 15) is 22.7 Å². The van der Waals surface area contributed by atoms with Crippen molar-refractivity contribution in [3.8, 4) is 5.75 Å². The minimum Gasteiger partial charge on any atom is -0.496 e. The van der Waals surface area contributed by atoms with Crippen LogP contribution in [-0.4, -0.2) is 43.7 Å². The molecule has 1 aromatic carbocycles. The highest BCUT2D eigenvalue weighted by Crippen LogP contribution is 2.25. The molecule has 10 heteroatoms. The van der Waals surface area contributed by atoms with Gasteiger partial charge in [-0.3, -0.25) is 4.79 Å². The molecule has 1 fully saturated rings. The molecule has 1 heterocycles. The molecule has 0 atom stereocenters. The van der Waals surface area contributed by atoms with Gasteiger partial charge in [-0.2, -0.15) is 0 Å². The Morgan fingerprint density at radius 1 is 1.20 bits per heavy atom. The van der Waals surface area contributed by atoms with Crippen molar-refractivity contribution in [1.82, 2.24) is 9.71 Å². The SMILES string of the molecule is COc1ccc(S(=O)(=O)NC2CCC(O)CC2)cc1C(=O)Nc1ccc(F)c(C)n1. The van der Waals surface area contributed by atoms with Crippen LogP contribution in [0.15, 0.2) is 35.2 Å². The minimum absolute atomic E-state index is 0.00298. The molecule has 2 aromatic rings. The largest absolute Gasteiger partial charge is 0.496 e. The van der Waals surface area contributed by atoms with Gasteiger partial charge in [-0.1, -0.05) is 0 Å². The number of ether oxygens (including phenoxy) is 1. The summed E-state index contributed by atoms with van der Waals surface area (Å²) in [6.45, 7) is 1.47. The number of aryl methyl sites for hydroxylation is 1. The Kier molecular flexibility index (Phi) is 6.69. The molecule has 1 aliphatic carbocycles. The van der Waals surface area contributed by atoms with Crippen LogP contribution in [0.3, 0.4) is 0 Å². The number of aromatic nitrogens is 1. The van der Waals surface area contributed by atoms with E-state index >= 15 is 0 Å². The molecule has 3 N–H and O–H groups in total. The van der Waals surface area contributed by atoms with Crippen LogP contribution in [0.5, 0.6) is 5.75 Å². The van der Waals surface area contributed by atoms with Crippen LogP contribution in [0.2, 0.25) is 0 Å². The van der Waals surface area contributed by atoms with Crippen molar-refractivity contribution in [3.63, 3.8) is 0 Å². The first-order valence-electron chi connectivity index (χ1n) is 9.52. The number of hydrogen-bond acceptors (Lipinski definition) is 6. The number of anilines is 1. The van der Waals surface area contributed by atoms with Crippen LogP contribution in [-0.2, 0) is 10.0 Å². The molecule has 0 unspecified atom stereocenters. The van der Waals surface area contributed by atoms with E-state index < -0.39 is 27.9 Å². The highest BCUT2D eigenvalue weighted by Gasteiger charge is 2.26. The van der Waals surface area contributed by atoms with Crippen molar-refractivity contribution in [2.45, 2.75) is 49.6 Å². The van der Waals surface area contributed by atoms with Gasteiger partial charge in [-0.05, 0) is 62.9 Å². The van der Waals surface area contributed by atoms with Crippen LogP contribution in [0.4, 0.5) is 10.2 Å². The molecule has 162 valence electrons. The number of aliphatic hydroxyl groups is 1. The molecule has 0 bridgehead atoms. The van der Waals surface area contributed by atoms with E-state index in [-0.39, 0.29) is 33.8 Å². The Morgan fingerprint density at radius 2 is 1.90 bits per heavy atom. The summed E-state index contributed by atoms with van der Waals surface area (Å²) in [5.74, 6) is -0.817. The zero-order chi connectivity index (χ0) is 21.9. The highest BCUT2D eigenvalue weighted by molar-refractivity contribution is 7.89. The Hall–Kier alpha value is -2.56. The summed E-state index contributed by atoms with van der Waals surface area (Å²) < 4.78 is 46.8. The summed E-state index contributed by atoms with van der Waals surface area (Å²) in [7, 11) is -2.51. The number of sulfonamides is 1. The lowest BCUT2D eigenvalue weighted by atomic mass is 9.94. The van der Waals surface area contributed by atoms with Crippen molar-refractivity contribution < 1.29 is 27.4 Å². The van der Waals surface area contributed by atoms with Crippen LogP contribution < -0.4 is 14.8 Å². The molecule has 0 spiro atoms. The van der Waals surface area contributed by atoms with Gasteiger partial charge in [0.05, 0.1) is 29.4 Å². The van der Waals surface area contributed by atoms with E-state index in [0.29, 0.717) is 25.7 Å². The van der Waals surface area contributed by atoms with Gasteiger partial charge in [-0.15, -0.1) is 0 Å². The summed E-state index contributed by atoms with van der Waals surface area (Å²) in [6.07, 6.45) is 1.76. The molecule has 1 saturated carbocycles. The monoisotopic (exact) mass is 437 g/mol. The van der Waals surface area contributed by atoms with Crippen molar-refractivity contribution in [2.24, 2.45) is 0 Å². The fraction of sp³-hybridized carbons (Fsp3) is 0.400. The number of carbonyl (C=O) groups excluding carboxylic acids is 1. The molecule has 0 aliphatic heterocycles. The first-order chi connectivity index (χ1) is 14.2. The number of rotatable bonds is 6. The van der Waals surface area contributed by atoms with Gasteiger partial charge in [0.2, 0.25) is 10.0 Å². The second-order valence-electron chi connectivity index (χ2n) is 7.21. The molecular formula is C20H24FN3O5S. The zero-order valence-electron chi connectivity index (χ0n) is 16.7. The Balaban J connectivity index is 1.83. The maximum atomic E-state index is 13.4. The molecule has 0 radical (unpaired) electrons. The molecule has 0 saturated heterocycles. The number of pyridine rings is 1. The average molecular weight is 437 g/mol. The summed E-state index contributed by atoms with van der Waals surface area (Å²) in [5, 5.41) is 12.1. The lowest BCUT2D eigenvalue weighted by Gasteiger charge is -2.26. The summed E-state index contributed by atoms with van der Waals surface area (Å²) in [4.78, 5) is 16.6. The van der Waals surface area contributed by atoms with E-state index in [1.165, 1.54) is 44.4 Å². The van der Waals surface area contributed by atoms with Gasteiger partial charge < -0.3 is 15.2 Å². The van der Waals surface area contributed by atoms with E-state index in [1.54, 1.807) is 0 Å². The van der Waals surface area contributed by atoms with Gasteiger partial charge in [0.25, 0.3) is 5.91 Å². The van der Waals surface area contributed by atoms with Gasteiger partial charge in [0.1, 0.15) is 17.4 Å². The predicted molar refractivity (Wildman–Crippen MR) is 108 cm³/mol. The van der Waals surface area contributed by atoms with E-state index in [4.69, 9.17) is 4.74 Å². The summed E-state index contributed by atoms with van der Waals surface area (Å²) in [5.41, 5.74) is 0.126.